The van der Waals surface area contributed by atoms with Gasteiger partial charge in [-0.25, -0.2) is 4.68 Å². The minimum Gasteiger partial charge on any atom is -0.365 e. The number of likely N-dealkylation sites (N-methyl/N-ethyl adjacent to an activating group) is 1. The lowest BCUT2D eigenvalue weighted by Gasteiger charge is -2.35. The van der Waals surface area contributed by atoms with Crippen LogP contribution < -0.4 is 15.8 Å². The van der Waals surface area contributed by atoms with Gasteiger partial charge < -0.3 is 10.2 Å². The largest absolute Gasteiger partial charge is 0.365 e. The summed E-state index contributed by atoms with van der Waals surface area (Å²) >= 11 is 3.51. The highest BCUT2D eigenvalue weighted by Gasteiger charge is 2.26. The van der Waals surface area contributed by atoms with Gasteiger partial charge in [0.1, 0.15) is 4.47 Å². The van der Waals surface area contributed by atoms with Crippen LogP contribution in [0, 0.1) is 5.92 Å². The number of rotatable bonds is 5. The van der Waals surface area contributed by atoms with Gasteiger partial charge >= 0.3 is 0 Å². The number of aromatic nitrogens is 2. The Morgan fingerprint density at radius 3 is 2.90 bits per heavy atom. The molecule has 2 aliphatic rings. The summed E-state index contributed by atoms with van der Waals surface area (Å²) in [6, 6.07) is 0.445. The molecule has 6 heteroatoms. The number of anilines is 1. The van der Waals surface area contributed by atoms with Crippen LogP contribution in [-0.2, 0) is 6.54 Å². The minimum absolute atomic E-state index is 0.00150. The number of nitrogens with one attached hydrogen (secondary N) is 1. The lowest BCUT2D eigenvalue weighted by Crippen LogP contribution is -2.46. The number of piperidine rings is 1. The molecular formula is C15H23BrN4O. The van der Waals surface area contributed by atoms with E-state index in [1.54, 1.807) is 4.68 Å². The Balaban J connectivity index is 1.85. The van der Waals surface area contributed by atoms with Gasteiger partial charge in [-0.15, -0.1) is 0 Å². The Bertz CT molecular complexity index is 549. The van der Waals surface area contributed by atoms with Gasteiger partial charge in [-0.3, -0.25) is 4.79 Å². The van der Waals surface area contributed by atoms with E-state index in [2.05, 4.69) is 38.2 Å². The molecule has 0 amide bonds. The van der Waals surface area contributed by atoms with Crippen molar-refractivity contribution in [3.05, 3.63) is 21.0 Å². The molecule has 1 aliphatic heterocycles. The highest BCUT2D eigenvalue weighted by Crippen LogP contribution is 2.31. The van der Waals surface area contributed by atoms with E-state index in [9.17, 15) is 4.79 Å². The number of halogens is 1. The number of hydrogen-bond acceptors (Lipinski definition) is 4. The molecule has 1 atom stereocenters. The summed E-state index contributed by atoms with van der Waals surface area (Å²) in [4.78, 5) is 14.8. The maximum Gasteiger partial charge on any atom is 0.283 e. The highest BCUT2D eigenvalue weighted by molar-refractivity contribution is 9.10. The topological polar surface area (TPSA) is 50.2 Å². The van der Waals surface area contributed by atoms with Gasteiger partial charge in [-0.1, -0.05) is 0 Å². The molecule has 1 aromatic heterocycles. The fraction of sp³-hybridized carbons (Fsp3) is 0.733. The van der Waals surface area contributed by atoms with Gasteiger partial charge in [0, 0.05) is 25.7 Å². The molecule has 2 fully saturated rings. The monoisotopic (exact) mass is 354 g/mol. The molecule has 1 aromatic rings. The summed E-state index contributed by atoms with van der Waals surface area (Å²) in [7, 11) is 0. The predicted molar refractivity (Wildman–Crippen MR) is 87.8 cm³/mol. The molecule has 1 N–H and O–H groups in total. The van der Waals surface area contributed by atoms with Crippen molar-refractivity contribution in [3.63, 3.8) is 0 Å². The first-order valence-electron chi connectivity index (χ1n) is 7.93. The van der Waals surface area contributed by atoms with Gasteiger partial charge in [-0.05, 0) is 61.0 Å². The average Bonchev–Trinajstić information content (AvgIpc) is 3.32. The molecule has 2 heterocycles. The predicted octanol–water partition coefficient (Wildman–Crippen LogP) is 1.99. The van der Waals surface area contributed by atoms with Crippen molar-refractivity contribution in [2.45, 2.75) is 45.2 Å². The van der Waals surface area contributed by atoms with Gasteiger partial charge in [-0.2, -0.15) is 5.10 Å². The molecule has 116 valence electrons. The first kappa shape index (κ1) is 15.0. The van der Waals surface area contributed by atoms with Crippen molar-refractivity contribution in [1.82, 2.24) is 15.1 Å². The zero-order valence-corrected chi connectivity index (χ0v) is 14.1. The Kier molecular flexibility index (Phi) is 4.64. The zero-order chi connectivity index (χ0) is 14.8. The Morgan fingerprint density at radius 1 is 1.48 bits per heavy atom. The SMILES string of the molecule is CCN(c1cnn(CC2CC2)c(=O)c1Br)C1CCCNC1. The maximum absolute atomic E-state index is 12.5. The van der Waals surface area contributed by atoms with Crippen LogP contribution in [0.25, 0.3) is 0 Å². The van der Waals surface area contributed by atoms with E-state index < -0.39 is 0 Å². The lowest BCUT2D eigenvalue weighted by atomic mass is 10.1. The summed E-state index contributed by atoms with van der Waals surface area (Å²) < 4.78 is 2.27. The van der Waals surface area contributed by atoms with Crippen molar-refractivity contribution < 1.29 is 0 Å². The van der Waals surface area contributed by atoms with Crippen molar-refractivity contribution in [2.75, 3.05) is 24.5 Å². The quantitative estimate of drug-likeness (QED) is 0.878. The van der Waals surface area contributed by atoms with Crippen LogP contribution in [0.4, 0.5) is 5.69 Å². The molecule has 1 aliphatic carbocycles. The summed E-state index contributed by atoms with van der Waals surface area (Å²) in [6.07, 6.45) is 6.65. The van der Waals surface area contributed by atoms with E-state index in [0.29, 0.717) is 16.4 Å². The van der Waals surface area contributed by atoms with E-state index in [0.717, 1.165) is 31.9 Å². The van der Waals surface area contributed by atoms with Crippen molar-refractivity contribution >= 4 is 21.6 Å². The molecule has 3 rings (SSSR count). The second-order valence-electron chi connectivity index (χ2n) is 6.06. The Labute approximate surface area is 133 Å². The van der Waals surface area contributed by atoms with Crippen LogP contribution >= 0.6 is 15.9 Å². The summed E-state index contributed by atoms with van der Waals surface area (Å²) in [5, 5.41) is 7.83. The zero-order valence-electron chi connectivity index (χ0n) is 12.5. The fourth-order valence-electron chi connectivity index (χ4n) is 3.06. The van der Waals surface area contributed by atoms with Crippen LogP contribution in [0.3, 0.4) is 0 Å². The standard InChI is InChI=1S/C15H23BrN4O/c1-2-19(12-4-3-7-17-8-12)13-9-18-20(10-11-5-6-11)15(21)14(13)16/h9,11-12,17H,2-8,10H2,1H3. The molecule has 1 saturated heterocycles. The Morgan fingerprint density at radius 2 is 2.29 bits per heavy atom. The van der Waals surface area contributed by atoms with Crippen molar-refractivity contribution in [3.8, 4) is 0 Å². The number of hydrogen-bond donors (Lipinski definition) is 1. The minimum atomic E-state index is 0.00150. The van der Waals surface area contributed by atoms with E-state index >= 15 is 0 Å². The molecule has 21 heavy (non-hydrogen) atoms. The number of nitrogens with zero attached hydrogens (tertiary/aromatic N) is 3. The summed E-state index contributed by atoms with van der Waals surface area (Å²) in [5.74, 6) is 0.651. The molecule has 1 unspecified atom stereocenters. The third kappa shape index (κ3) is 3.31. The van der Waals surface area contributed by atoms with Crippen molar-refractivity contribution in [2.24, 2.45) is 5.92 Å². The van der Waals surface area contributed by atoms with E-state index in [4.69, 9.17) is 0 Å². The lowest BCUT2D eigenvalue weighted by molar-refractivity contribution is 0.433. The molecule has 0 spiro atoms. The third-order valence-corrected chi connectivity index (χ3v) is 5.20. The molecule has 0 radical (unpaired) electrons. The second-order valence-corrected chi connectivity index (χ2v) is 6.85. The smallest absolute Gasteiger partial charge is 0.283 e. The van der Waals surface area contributed by atoms with Gasteiger partial charge in [0.05, 0.1) is 11.9 Å². The van der Waals surface area contributed by atoms with Crippen molar-refractivity contribution in [1.29, 1.82) is 0 Å². The van der Waals surface area contributed by atoms with Gasteiger partial charge in [0.2, 0.25) is 0 Å². The Hall–Kier alpha value is -0.880. The van der Waals surface area contributed by atoms with Crippen LogP contribution in [0.5, 0.6) is 0 Å². The molecule has 0 bridgehead atoms. The molecule has 0 aromatic carbocycles. The van der Waals surface area contributed by atoms with Gasteiger partial charge in [0.15, 0.2) is 0 Å². The average molecular weight is 355 g/mol. The van der Waals surface area contributed by atoms with Crippen LogP contribution in [0.2, 0.25) is 0 Å². The van der Waals surface area contributed by atoms with E-state index in [1.165, 1.54) is 25.7 Å². The first-order valence-corrected chi connectivity index (χ1v) is 8.73. The van der Waals surface area contributed by atoms with Gasteiger partial charge in [0.25, 0.3) is 5.56 Å². The fourth-order valence-corrected chi connectivity index (χ4v) is 3.59. The maximum atomic E-state index is 12.5. The molecule has 1 saturated carbocycles. The van der Waals surface area contributed by atoms with Crippen LogP contribution in [0.15, 0.2) is 15.5 Å². The normalized spacial score (nSPS) is 22.3. The van der Waals surface area contributed by atoms with Crippen LogP contribution in [0.1, 0.15) is 32.6 Å². The first-order chi connectivity index (χ1) is 10.2. The van der Waals surface area contributed by atoms with Crippen LogP contribution in [-0.4, -0.2) is 35.5 Å². The third-order valence-electron chi connectivity index (χ3n) is 4.46. The second kappa shape index (κ2) is 6.48. The summed E-state index contributed by atoms with van der Waals surface area (Å²) in [6.45, 7) is 5.85. The van der Waals surface area contributed by atoms with E-state index in [-0.39, 0.29) is 5.56 Å². The highest BCUT2D eigenvalue weighted by atomic mass is 79.9. The molecule has 5 nitrogen and oxygen atoms in total. The summed E-state index contributed by atoms with van der Waals surface area (Å²) in [5.41, 5.74) is 0.935. The van der Waals surface area contributed by atoms with E-state index in [1.807, 2.05) is 6.20 Å². The molecular weight excluding hydrogens is 332 g/mol.